The number of hydrazone groups is 1. The summed E-state index contributed by atoms with van der Waals surface area (Å²) < 4.78 is 11.6. The third-order valence-corrected chi connectivity index (χ3v) is 4.09. The maximum atomic E-state index is 12.1. The van der Waals surface area contributed by atoms with E-state index in [2.05, 4.69) is 10.5 Å². The molecule has 0 heterocycles. The van der Waals surface area contributed by atoms with Crippen LogP contribution in [-0.4, -0.2) is 18.7 Å². The molecular formula is C23H23N3O3. The molecule has 0 spiro atoms. The van der Waals surface area contributed by atoms with E-state index in [1.165, 1.54) is 0 Å². The Bertz CT molecular complexity index is 988. The summed E-state index contributed by atoms with van der Waals surface area (Å²) in [5, 5.41) is 4.01. The summed E-state index contributed by atoms with van der Waals surface area (Å²) in [5.41, 5.74) is 10.9. The number of nitrogen functional groups attached to an aromatic ring is 1. The van der Waals surface area contributed by atoms with Crippen LogP contribution in [-0.2, 0) is 6.61 Å². The number of ether oxygens (including phenoxy) is 2. The molecule has 3 aromatic carbocycles. The summed E-state index contributed by atoms with van der Waals surface area (Å²) in [6.45, 7) is 2.86. The van der Waals surface area contributed by atoms with Crippen LogP contribution in [0.4, 0.5) is 5.69 Å². The molecule has 0 unspecified atom stereocenters. The normalized spacial score (nSPS) is 10.7. The Labute approximate surface area is 170 Å². The molecular weight excluding hydrogens is 366 g/mol. The Kier molecular flexibility index (Phi) is 6.84. The molecule has 3 N–H and O–H groups in total. The zero-order valence-electron chi connectivity index (χ0n) is 16.2. The highest BCUT2D eigenvalue weighted by Crippen LogP contribution is 2.28. The summed E-state index contributed by atoms with van der Waals surface area (Å²) in [6, 6.07) is 22.2. The SMILES string of the molecule is CCOc1cc(C=NNC(=O)c2ccccc2N)ccc1OCc1ccccc1. The van der Waals surface area contributed by atoms with E-state index in [-0.39, 0.29) is 5.91 Å². The van der Waals surface area contributed by atoms with E-state index in [0.717, 1.165) is 11.1 Å². The van der Waals surface area contributed by atoms with Gasteiger partial charge in [-0.2, -0.15) is 5.10 Å². The Hall–Kier alpha value is -3.80. The molecule has 0 atom stereocenters. The van der Waals surface area contributed by atoms with E-state index in [0.29, 0.717) is 36.0 Å². The van der Waals surface area contributed by atoms with Gasteiger partial charge in [0.2, 0.25) is 0 Å². The van der Waals surface area contributed by atoms with E-state index in [1.54, 1.807) is 30.5 Å². The number of amides is 1. The zero-order chi connectivity index (χ0) is 20.5. The first-order valence-corrected chi connectivity index (χ1v) is 9.29. The van der Waals surface area contributed by atoms with Gasteiger partial charge < -0.3 is 15.2 Å². The van der Waals surface area contributed by atoms with Crippen molar-refractivity contribution in [3.05, 3.63) is 89.5 Å². The average Bonchev–Trinajstić information content (AvgIpc) is 2.74. The molecule has 6 heteroatoms. The van der Waals surface area contributed by atoms with Gasteiger partial charge in [-0.25, -0.2) is 5.43 Å². The van der Waals surface area contributed by atoms with Crippen molar-refractivity contribution in [3.63, 3.8) is 0 Å². The number of anilines is 1. The van der Waals surface area contributed by atoms with Gasteiger partial charge in [-0.3, -0.25) is 4.79 Å². The van der Waals surface area contributed by atoms with Crippen molar-refractivity contribution in [2.45, 2.75) is 13.5 Å². The van der Waals surface area contributed by atoms with Crippen LogP contribution in [0.2, 0.25) is 0 Å². The maximum Gasteiger partial charge on any atom is 0.273 e. The van der Waals surface area contributed by atoms with E-state index in [4.69, 9.17) is 15.2 Å². The van der Waals surface area contributed by atoms with Gasteiger partial charge in [0.25, 0.3) is 5.91 Å². The van der Waals surface area contributed by atoms with Crippen LogP contribution in [0.3, 0.4) is 0 Å². The van der Waals surface area contributed by atoms with Gasteiger partial charge in [0.15, 0.2) is 11.5 Å². The highest BCUT2D eigenvalue weighted by atomic mass is 16.5. The third kappa shape index (κ3) is 5.59. The second-order valence-electron chi connectivity index (χ2n) is 6.20. The van der Waals surface area contributed by atoms with Gasteiger partial charge >= 0.3 is 0 Å². The fraction of sp³-hybridized carbons (Fsp3) is 0.130. The smallest absolute Gasteiger partial charge is 0.273 e. The van der Waals surface area contributed by atoms with Gasteiger partial charge in [0.1, 0.15) is 6.61 Å². The lowest BCUT2D eigenvalue weighted by Crippen LogP contribution is -2.19. The molecule has 0 aliphatic rings. The van der Waals surface area contributed by atoms with Crippen molar-refractivity contribution in [3.8, 4) is 11.5 Å². The molecule has 0 bridgehead atoms. The summed E-state index contributed by atoms with van der Waals surface area (Å²) in [4.78, 5) is 12.1. The molecule has 3 rings (SSSR count). The van der Waals surface area contributed by atoms with Crippen LogP contribution in [0.5, 0.6) is 11.5 Å². The number of rotatable bonds is 8. The number of nitrogens with two attached hydrogens (primary N) is 1. The van der Waals surface area contributed by atoms with Crippen molar-refractivity contribution < 1.29 is 14.3 Å². The molecule has 0 aliphatic carbocycles. The quantitative estimate of drug-likeness (QED) is 0.346. The standard InChI is InChI=1S/C23H23N3O3/c1-2-28-22-14-18(12-13-21(22)29-16-17-8-4-3-5-9-17)15-25-26-23(27)19-10-6-7-11-20(19)24/h3-15H,2,16,24H2,1H3,(H,26,27). The van der Waals surface area contributed by atoms with Crippen molar-refractivity contribution in [2.75, 3.05) is 12.3 Å². The summed E-state index contributed by atoms with van der Waals surface area (Å²) >= 11 is 0. The Morgan fingerprint density at radius 3 is 2.52 bits per heavy atom. The number of benzene rings is 3. The first kappa shape index (κ1) is 19.9. The second-order valence-corrected chi connectivity index (χ2v) is 6.20. The minimum atomic E-state index is -0.368. The minimum absolute atomic E-state index is 0.368. The lowest BCUT2D eigenvalue weighted by molar-refractivity contribution is 0.0956. The molecule has 3 aromatic rings. The first-order valence-electron chi connectivity index (χ1n) is 9.29. The van der Waals surface area contributed by atoms with Crippen LogP contribution >= 0.6 is 0 Å². The summed E-state index contributed by atoms with van der Waals surface area (Å²) in [5.74, 6) is 0.896. The summed E-state index contributed by atoms with van der Waals surface area (Å²) in [6.07, 6.45) is 1.54. The topological polar surface area (TPSA) is 85.9 Å². The van der Waals surface area contributed by atoms with Gasteiger partial charge in [-0.15, -0.1) is 0 Å². The number of hydrogen-bond acceptors (Lipinski definition) is 5. The molecule has 0 saturated heterocycles. The largest absolute Gasteiger partial charge is 0.490 e. The van der Waals surface area contributed by atoms with Crippen molar-refractivity contribution in [2.24, 2.45) is 5.10 Å². The lowest BCUT2D eigenvalue weighted by atomic mass is 10.2. The molecule has 0 radical (unpaired) electrons. The molecule has 0 fully saturated rings. The van der Waals surface area contributed by atoms with Crippen molar-refractivity contribution >= 4 is 17.8 Å². The van der Waals surface area contributed by atoms with Crippen LogP contribution in [0.25, 0.3) is 0 Å². The van der Waals surface area contributed by atoms with Gasteiger partial charge in [-0.1, -0.05) is 42.5 Å². The van der Waals surface area contributed by atoms with Crippen molar-refractivity contribution in [1.29, 1.82) is 0 Å². The van der Waals surface area contributed by atoms with Crippen LogP contribution in [0.1, 0.15) is 28.4 Å². The van der Waals surface area contributed by atoms with E-state index in [1.807, 2.05) is 55.5 Å². The average molecular weight is 389 g/mol. The minimum Gasteiger partial charge on any atom is -0.490 e. The molecule has 0 aliphatic heterocycles. The van der Waals surface area contributed by atoms with E-state index < -0.39 is 0 Å². The number of carbonyl (C=O) groups excluding carboxylic acids is 1. The Balaban J connectivity index is 1.66. The second kappa shape index (κ2) is 9.94. The number of carbonyl (C=O) groups is 1. The van der Waals surface area contributed by atoms with Crippen LogP contribution in [0.15, 0.2) is 77.9 Å². The van der Waals surface area contributed by atoms with Crippen molar-refractivity contribution in [1.82, 2.24) is 5.43 Å². The monoisotopic (exact) mass is 389 g/mol. The summed E-state index contributed by atoms with van der Waals surface area (Å²) in [7, 11) is 0. The molecule has 148 valence electrons. The first-order chi connectivity index (χ1) is 14.2. The highest BCUT2D eigenvalue weighted by Gasteiger charge is 2.08. The number of hydrogen-bond donors (Lipinski definition) is 2. The van der Waals surface area contributed by atoms with E-state index >= 15 is 0 Å². The third-order valence-electron chi connectivity index (χ3n) is 4.09. The molecule has 0 saturated carbocycles. The van der Waals surface area contributed by atoms with Crippen LogP contribution < -0.4 is 20.6 Å². The predicted molar refractivity (Wildman–Crippen MR) is 114 cm³/mol. The van der Waals surface area contributed by atoms with Gasteiger partial charge in [0.05, 0.1) is 18.4 Å². The predicted octanol–water partition coefficient (Wildman–Crippen LogP) is 4.01. The van der Waals surface area contributed by atoms with Gasteiger partial charge in [-0.05, 0) is 48.4 Å². The molecule has 1 amide bonds. The van der Waals surface area contributed by atoms with Crippen LogP contribution in [0, 0.1) is 0 Å². The fourth-order valence-corrected chi connectivity index (χ4v) is 2.66. The number of para-hydroxylation sites is 1. The number of nitrogens with zero attached hydrogens (tertiary/aromatic N) is 1. The molecule has 0 aromatic heterocycles. The zero-order valence-corrected chi connectivity index (χ0v) is 16.2. The maximum absolute atomic E-state index is 12.1. The Morgan fingerprint density at radius 1 is 1.00 bits per heavy atom. The lowest BCUT2D eigenvalue weighted by Gasteiger charge is -2.12. The Morgan fingerprint density at radius 2 is 1.76 bits per heavy atom. The highest BCUT2D eigenvalue weighted by molar-refractivity contribution is 5.99. The molecule has 29 heavy (non-hydrogen) atoms. The number of nitrogens with one attached hydrogen (secondary N) is 1. The van der Waals surface area contributed by atoms with E-state index in [9.17, 15) is 4.79 Å². The molecule has 6 nitrogen and oxygen atoms in total. The van der Waals surface area contributed by atoms with Gasteiger partial charge in [0, 0.05) is 5.69 Å². The fourth-order valence-electron chi connectivity index (χ4n) is 2.66.